The summed E-state index contributed by atoms with van der Waals surface area (Å²) in [6.07, 6.45) is 1.72. The minimum absolute atomic E-state index is 0.129. The van der Waals surface area contributed by atoms with E-state index in [1.54, 1.807) is 17.6 Å². The molecule has 0 saturated heterocycles. The molecule has 0 aliphatic carbocycles. The molecule has 1 atom stereocenters. The van der Waals surface area contributed by atoms with Crippen LogP contribution >= 0.6 is 38.9 Å². The molecule has 0 saturated carbocycles. The molecule has 0 fully saturated rings. The van der Waals surface area contributed by atoms with Gasteiger partial charge in [0.05, 0.1) is 11.6 Å². The lowest BCUT2D eigenvalue weighted by molar-refractivity contribution is 0.532. The predicted octanol–water partition coefficient (Wildman–Crippen LogP) is 5.05. The van der Waals surface area contributed by atoms with Gasteiger partial charge in [-0.2, -0.15) is 0 Å². The summed E-state index contributed by atoms with van der Waals surface area (Å²) in [6.45, 7) is 3.99. The molecule has 0 aromatic carbocycles. The minimum Gasteiger partial charge on any atom is -0.469 e. The third-order valence-corrected chi connectivity index (χ3v) is 4.74. The second kappa shape index (κ2) is 4.32. The molecule has 2 aromatic rings. The summed E-state index contributed by atoms with van der Waals surface area (Å²) in [4.78, 5) is 2.39. The number of alkyl halides is 1. The van der Waals surface area contributed by atoms with Crippen molar-refractivity contribution in [1.82, 2.24) is 0 Å². The topological polar surface area (TPSA) is 13.1 Å². The second-order valence-corrected chi connectivity index (χ2v) is 6.00. The summed E-state index contributed by atoms with van der Waals surface area (Å²) in [5, 5.41) is -0.129. The standard InChI is InChI=1S/C11H10BrClOS/c1-6-3-8(5-14-6)10(13)11-9(12)4-7(2)15-11/h3-5,10H,1-2H3. The van der Waals surface area contributed by atoms with Gasteiger partial charge in [-0.05, 0) is 41.9 Å². The van der Waals surface area contributed by atoms with Crippen molar-refractivity contribution >= 4 is 38.9 Å². The number of furan rings is 1. The third kappa shape index (κ3) is 2.30. The van der Waals surface area contributed by atoms with Crippen LogP contribution in [0.15, 0.2) is 27.3 Å². The highest BCUT2D eigenvalue weighted by Gasteiger charge is 2.18. The molecule has 2 rings (SSSR count). The van der Waals surface area contributed by atoms with Crippen molar-refractivity contribution in [2.24, 2.45) is 0 Å². The van der Waals surface area contributed by atoms with Gasteiger partial charge in [-0.15, -0.1) is 22.9 Å². The minimum atomic E-state index is -0.129. The number of thiophene rings is 1. The Morgan fingerprint density at radius 2 is 2.13 bits per heavy atom. The Morgan fingerprint density at radius 3 is 2.60 bits per heavy atom. The first kappa shape index (κ1) is 11.2. The van der Waals surface area contributed by atoms with Crippen LogP contribution in [0.3, 0.4) is 0 Å². The molecule has 80 valence electrons. The zero-order valence-corrected chi connectivity index (χ0v) is 11.5. The molecule has 15 heavy (non-hydrogen) atoms. The van der Waals surface area contributed by atoms with E-state index in [1.807, 2.05) is 13.0 Å². The van der Waals surface area contributed by atoms with Crippen molar-refractivity contribution < 1.29 is 4.42 Å². The normalized spacial score (nSPS) is 13.1. The fourth-order valence-electron chi connectivity index (χ4n) is 1.42. The van der Waals surface area contributed by atoms with Gasteiger partial charge in [-0.25, -0.2) is 0 Å². The number of hydrogen-bond donors (Lipinski definition) is 0. The summed E-state index contributed by atoms with van der Waals surface area (Å²) in [5.74, 6) is 0.889. The molecular weight excluding hydrogens is 296 g/mol. The van der Waals surface area contributed by atoms with Crippen LogP contribution in [0.1, 0.15) is 26.5 Å². The number of aryl methyl sites for hydroxylation is 2. The van der Waals surface area contributed by atoms with Crippen LogP contribution in [0.5, 0.6) is 0 Å². The highest BCUT2D eigenvalue weighted by atomic mass is 79.9. The van der Waals surface area contributed by atoms with Gasteiger partial charge in [-0.3, -0.25) is 0 Å². The van der Waals surface area contributed by atoms with E-state index in [9.17, 15) is 0 Å². The van der Waals surface area contributed by atoms with E-state index in [0.717, 1.165) is 20.7 Å². The first-order valence-corrected chi connectivity index (χ1v) is 6.57. The first-order valence-electron chi connectivity index (χ1n) is 4.53. The first-order chi connectivity index (χ1) is 7.08. The van der Waals surface area contributed by atoms with Gasteiger partial charge in [0.25, 0.3) is 0 Å². The Kier molecular flexibility index (Phi) is 3.24. The van der Waals surface area contributed by atoms with E-state index < -0.39 is 0 Å². The molecule has 4 heteroatoms. The zero-order chi connectivity index (χ0) is 11.0. The van der Waals surface area contributed by atoms with E-state index >= 15 is 0 Å². The Labute approximate surface area is 106 Å². The van der Waals surface area contributed by atoms with Crippen molar-refractivity contribution in [3.63, 3.8) is 0 Å². The number of hydrogen-bond acceptors (Lipinski definition) is 2. The van der Waals surface area contributed by atoms with Crippen LogP contribution in [0, 0.1) is 13.8 Å². The highest BCUT2D eigenvalue weighted by molar-refractivity contribution is 9.10. The van der Waals surface area contributed by atoms with Crippen LogP contribution in [0.4, 0.5) is 0 Å². The molecule has 0 spiro atoms. The molecule has 0 amide bonds. The molecule has 0 aliphatic heterocycles. The summed E-state index contributed by atoms with van der Waals surface area (Å²) in [6, 6.07) is 4.06. The predicted molar refractivity (Wildman–Crippen MR) is 67.9 cm³/mol. The van der Waals surface area contributed by atoms with Crippen molar-refractivity contribution in [3.05, 3.63) is 43.9 Å². The van der Waals surface area contributed by atoms with Gasteiger partial charge in [0.15, 0.2) is 0 Å². The maximum absolute atomic E-state index is 6.38. The molecule has 0 N–H and O–H groups in total. The Balaban J connectivity index is 2.35. The van der Waals surface area contributed by atoms with Crippen molar-refractivity contribution in [1.29, 1.82) is 0 Å². The number of rotatable bonds is 2. The van der Waals surface area contributed by atoms with E-state index in [2.05, 4.69) is 28.9 Å². The van der Waals surface area contributed by atoms with Gasteiger partial charge in [0.2, 0.25) is 0 Å². The maximum atomic E-state index is 6.38. The van der Waals surface area contributed by atoms with Gasteiger partial charge in [-0.1, -0.05) is 0 Å². The largest absolute Gasteiger partial charge is 0.469 e. The lowest BCUT2D eigenvalue weighted by Gasteiger charge is -2.04. The second-order valence-electron chi connectivity index (χ2n) is 3.42. The van der Waals surface area contributed by atoms with Crippen LogP contribution < -0.4 is 0 Å². The molecular formula is C11H10BrClOS. The third-order valence-electron chi connectivity index (χ3n) is 2.11. The average molecular weight is 306 g/mol. The number of halogens is 2. The molecule has 0 aliphatic rings. The maximum Gasteiger partial charge on any atom is 0.101 e. The highest BCUT2D eigenvalue weighted by Crippen LogP contribution is 2.39. The summed E-state index contributed by atoms with van der Waals surface area (Å²) in [5.41, 5.74) is 1.01. The summed E-state index contributed by atoms with van der Waals surface area (Å²) >= 11 is 11.6. The van der Waals surface area contributed by atoms with E-state index in [-0.39, 0.29) is 5.38 Å². The van der Waals surface area contributed by atoms with Crippen LogP contribution in [0.25, 0.3) is 0 Å². The molecule has 1 unspecified atom stereocenters. The van der Waals surface area contributed by atoms with Gasteiger partial charge in [0, 0.05) is 19.8 Å². The monoisotopic (exact) mass is 304 g/mol. The van der Waals surface area contributed by atoms with E-state index in [1.165, 1.54) is 4.88 Å². The fourth-order valence-corrected chi connectivity index (χ4v) is 3.81. The Morgan fingerprint density at radius 1 is 1.40 bits per heavy atom. The lowest BCUT2D eigenvalue weighted by Crippen LogP contribution is -1.87. The van der Waals surface area contributed by atoms with Gasteiger partial charge in [0.1, 0.15) is 5.76 Å². The molecule has 1 nitrogen and oxygen atoms in total. The van der Waals surface area contributed by atoms with Crippen LogP contribution in [-0.2, 0) is 0 Å². The molecule has 0 bridgehead atoms. The average Bonchev–Trinajstić information content (AvgIpc) is 2.71. The summed E-state index contributed by atoms with van der Waals surface area (Å²) < 4.78 is 6.33. The van der Waals surface area contributed by atoms with Crippen molar-refractivity contribution in [2.45, 2.75) is 19.2 Å². The van der Waals surface area contributed by atoms with E-state index in [0.29, 0.717) is 0 Å². The van der Waals surface area contributed by atoms with E-state index in [4.69, 9.17) is 16.0 Å². The van der Waals surface area contributed by atoms with Crippen molar-refractivity contribution in [3.8, 4) is 0 Å². The van der Waals surface area contributed by atoms with Gasteiger partial charge >= 0.3 is 0 Å². The van der Waals surface area contributed by atoms with Gasteiger partial charge < -0.3 is 4.42 Å². The smallest absolute Gasteiger partial charge is 0.101 e. The fraction of sp³-hybridized carbons (Fsp3) is 0.273. The van der Waals surface area contributed by atoms with Crippen LogP contribution in [0.2, 0.25) is 0 Å². The Bertz CT molecular complexity index is 475. The molecule has 2 aromatic heterocycles. The summed E-state index contributed by atoms with van der Waals surface area (Å²) in [7, 11) is 0. The zero-order valence-electron chi connectivity index (χ0n) is 8.38. The molecule has 0 radical (unpaired) electrons. The SMILES string of the molecule is Cc1cc(C(Cl)c2sc(C)cc2Br)co1. The quantitative estimate of drug-likeness (QED) is 0.708. The lowest BCUT2D eigenvalue weighted by atomic mass is 10.2. The molecule has 2 heterocycles. The Hall–Kier alpha value is -0.250. The van der Waals surface area contributed by atoms with Crippen LogP contribution in [-0.4, -0.2) is 0 Å². The van der Waals surface area contributed by atoms with Crippen molar-refractivity contribution in [2.75, 3.05) is 0 Å².